The van der Waals surface area contributed by atoms with Crippen LogP contribution in [0.25, 0.3) is 0 Å². The Hall–Kier alpha value is -1.97. The summed E-state index contributed by atoms with van der Waals surface area (Å²) in [7, 11) is 0. The number of hydrogen-bond donors (Lipinski definition) is 4. The summed E-state index contributed by atoms with van der Waals surface area (Å²) in [4.78, 5) is 39.6. The topological polar surface area (TPSA) is 147 Å². The lowest BCUT2D eigenvalue weighted by atomic mass is 9.87. The van der Waals surface area contributed by atoms with E-state index >= 15 is 0 Å². The molecule has 140 valence electrons. The molecule has 1 amide bonds. The van der Waals surface area contributed by atoms with Gasteiger partial charge < -0.3 is 21.5 Å². The van der Waals surface area contributed by atoms with Gasteiger partial charge in [-0.2, -0.15) is 0 Å². The Morgan fingerprint density at radius 1 is 1.48 bits per heavy atom. The molecule has 9 heteroatoms. The molecule has 3 atom stereocenters. The molecule has 1 saturated heterocycles. The number of hydrogen-bond acceptors (Lipinski definition) is 6. The minimum Gasteiger partial charge on any atom is -0.388 e. The van der Waals surface area contributed by atoms with Crippen LogP contribution in [0.2, 0.25) is 0 Å². The van der Waals surface area contributed by atoms with Gasteiger partial charge in [-0.15, -0.1) is 0 Å². The summed E-state index contributed by atoms with van der Waals surface area (Å²) < 4.78 is 1.26. The number of piperidine rings is 1. The second-order valence-electron chi connectivity index (χ2n) is 6.82. The summed E-state index contributed by atoms with van der Waals surface area (Å²) in [6.45, 7) is 2.70. The maximum atomic E-state index is 12.6. The van der Waals surface area contributed by atoms with E-state index in [1.165, 1.54) is 16.8 Å². The van der Waals surface area contributed by atoms with Gasteiger partial charge in [0.1, 0.15) is 0 Å². The van der Waals surface area contributed by atoms with Crippen molar-refractivity contribution in [3.8, 4) is 0 Å². The summed E-state index contributed by atoms with van der Waals surface area (Å²) in [5, 5.41) is 10.7. The van der Waals surface area contributed by atoms with E-state index in [9.17, 15) is 19.5 Å². The van der Waals surface area contributed by atoms with Crippen LogP contribution in [0.5, 0.6) is 0 Å². The van der Waals surface area contributed by atoms with Gasteiger partial charge >= 0.3 is 5.69 Å². The van der Waals surface area contributed by atoms with Gasteiger partial charge in [-0.25, -0.2) is 4.79 Å². The van der Waals surface area contributed by atoms with Crippen LogP contribution < -0.4 is 22.7 Å². The number of likely N-dealkylation sites (tertiary alicyclic amines) is 1. The fourth-order valence-electron chi connectivity index (χ4n) is 3.15. The summed E-state index contributed by atoms with van der Waals surface area (Å²) in [5.74, 6) is -0.199. The van der Waals surface area contributed by atoms with Crippen LogP contribution in [-0.2, 0) is 4.79 Å². The van der Waals surface area contributed by atoms with Crippen molar-refractivity contribution in [2.24, 2.45) is 11.5 Å². The highest BCUT2D eigenvalue weighted by molar-refractivity contribution is 5.81. The lowest BCUT2D eigenvalue weighted by Gasteiger charge is -2.43. The number of nitrogens with one attached hydrogen (secondary N) is 1. The highest BCUT2D eigenvalue weighted by Gasteiger charge is 2.41. The molecule has 25 heavy (non-hydrogen) atoms. The Morgan fingerprint density at radius 3 is 2.84 bits per heavy atom. The number of amides is 1. The van der Waals surface area contributed by atoms with Crippen LogP contribution in [0.15, 0.2) is 21.9 Å². The maximum Gasteiger partial charge on any atom is 0.328 e. The van der Waals surface area contributed by atoms with Gasteiger partial charge in [-0.3, -0.25) is 19.1 Å². The van der Waals surface area contributed by atoms with Gasteiger partial charge in [-0.05, 0) is 32.7 Å². The van der Waals surface area contributed by atoms with Crippen LogP contribution in [0.4, 0.5) is 0 Å². The molecule has 2 rings (SSSR count). The Balaban J connectivity index is 2.16. The quantitative estimate of drug-likeness (QED) is 0.458. The average molecular weight is 353 g/mol. The van der Waals surface area contributed by atoms with E-state index in [-0.39, 0.29) is 12.5 Å². The molecule has 0 saturated carbocycles. The molecule has 1 aliphatic rings. The first-order chi connectivity index (χ1) is 11.8. The Kier molecular flexibility index (Phi) is 6.15. The van der Waals surface area contributed by atoms with Crippen molar-refractivity contribution < 1.29 is 9.90 Å². The summed E-state index contributed by atoms with van der Waals surface area (Å²) in [6, 6.07) is -0.0649. The van der Waals surface area contributed by atoms with Crippen LogP contribution >= 0.6 is 0 Å². The first kappa shape index (κ1) is 19.4. The molecule has 1 aromatic rings. The maximum absolute atomic E-state index is 12.6. The number of aliphatic hydroxyl groups is 1. The zero-order valence-electron chi connectivity index (χ0n) is 14.5. The molecule has 0 bridgehead atoms. The van der Waals surface area contributed by atoms with Crippen molar-refractivity contribution in [3.05, 3.63) is 33.1 Å². The predicted octanol–water partition coefficient (Wildman–Crippen LogP) is -1.48. The molecule has 0 aromatic carbocycles. The zero-order valence-corrected chi connectivity index (χ0v) is 14.5. The van der Waals surface area contributed by atoms with Crippen molar-refractivity contribution in [1.82, 2.24) is 14.5 Å². The van der Waals surface area contributed by atoms with Gasteiger partial charge in [0.2, 0.25) is 5.91 Å². The fourth-order valence-corrected chi connectivity index (χ4v) is 3.15. The predicted molar refractivity (Wildman–Crippen MR) is 93.1 cm³/mol. The smallest absolute Gasteiger partial charge is 0.328 e. The van der Waals surface area contributed by atoms with Gasteiger partial charge in [0.15, 0.2) is 0 Å². The monoisotopic (exact) mass is 353 g/mol. The first-order valence-corrected chi connectivity index (χ1v) is 8.54. The van der Waals surface area contributed by atoms with E-state index in [2.05, 4.69) is 4.98 Å². The highest BCUT2D eigenvalue weighted by atomic mass is 16.3. The first-order valence-electron chi connectivity index (χ1n) is 8.54. The molecule has 2 heterocycles. The standard InChI is InChI=1S/C16H27N5O4/c1-16(25)6-9-20(14(23)11(18)4-2-3-7-17)10-12(16)21-8-5-13(22)19-15(21)24/h5,8,11-12,25H,2-4,6-7,9-10,17-18H2,1H3,(H,19,22,24)/t11-,12+,16+/m0/s1. The van der Waals surface area contributed by atoms with E-state index in [0.717, 1.165) is 12.8 Å². The third kappa shape index (κ3) is 4.56. The molecule has 9 nitrogen and oxygen atoms in total. The number of aromatic nitrogens is 2. The van der Waals surface area contributed by atoms with Crippen molar-refractivity contribution in [2.75, 3.05) is 19.6 Å². The van der Waals surface area contributed by atoms with E-state index in [4.69, 9.17) is 11.5 Å². The average Bonchev–Trinajstić information content (AvgIpc) is 2.55. The summed E-state index contributed by atoms with van der Waals surface area (Å²) >= 11 is 0. The Labute approximate surface area is 145 Å². The summed E-state index contributed by atoms with van der Waals surface area (Å²) in [6.07, 6.45) is 3.79. The molecule has 0 radical (unpaired) electrons. The van der Waals surface area contributed by atoms with Crippen molar-refractivity contribution in [1.29, 1.82) is 0 Å². The molecular formula is C16H27N5O4. The molecule has 0 aliphatic carbocycles. The van der Waals surface area contributed by atoms with Gasteiger partial charge in [-0.1, -0.05) is 6.42 Å². The van der Waals surface area contributed by atoms with E-state index in [1.54, 1.807) is 11.8 Å². The fraction of sp³-hybridized carbons (Fsp3) is 0.688. The molecule has 1 fully saturated rings. The number of aromatic amines is 1. The Morgan fingerprint density at radius 2 is 2.20 bits per heavy atom. The third-order valence-electron chi connectivity index (χ3n) is 4.78. The van der Waals surface area contributed by atoms with Gasteiger partial charge in [0, 0.05) is 25.4 Å². The van der Waals surface area contributed by atoms with Crippen LogP contribution in [0.3, 0.4) is 0 Å². The van der Waals surface area contributed by atoms with Crippen LogP contribution in [0, 0.1) is 0 Å². The van der Waals surface area contributed by atoms with Crippen LogP contribution in [-0.4, -0.2) is 56.7 Å². The van der Waals surface area contributed by atoms with Gasteiger partial charge in [0.05, 0.1) is 17.7 Å². The van der Waals surface area contributed by atoms with Gasteiger partial charge in [0.25, 0.3) is 5.56 Å². The van der Waals surface area contributed by atoms with E-state index in [0.29, 0.717) is 25.9 Å². The second kappa shape index (κ2) is 7.94. The van der Waals surface area contributed by atoms with Crippen molar-refractivity contribution >= 4 is 5.91 Å². The second-order valence-corrected chi connectivity index (χ2v) is 6.82. The minimum absolute atomic E-state index is 0.155. The number of unbranched alkanes of at least 4 members (excludes halogenated alkanes) is 1. The third-order valence-corrected chi connectivity index (χ3v) is 4.78. The van der Waals surface area contributed by atoms with Crippen LogP contribution in [0.1, 0.15) is 38.6 Å². The SMILES string of the molecule is C[C@@]1(O)CCN(C(=O)[C@@H](N)CCCCN)C[C@H]1n1ccc(=O)[nH]c1=O. The normalized spacial score (nSPS) is 25.0. The lowest BCUT2D eigenvalue weighted by molar-refractivity contribution is -0.139. The number of nitrogens with two attached hydrogens (primary N) is 2. The highest BCUT2D eigenvalue weighted by Crippen LogP contribution is 2.30. The minimum atomic E-state index is -1.18. The molecule has 0 unspecified atom stereocenters. The zero-order chi connectivity index (χ0) is 18.6. The van der Waals surface area contributed by atoms with E-state index in [1.807, 2.05) is 0 Å². The lowest BCUT2D eigenvalue weighted by Crippen LogP contribution is -2.57. The number of carbonyl (C=O) groups excluding carboxylic acids is 1. The molecule has 0 spiro atoms. The summed E-state index contributed by atoms with van der Waals surface area (Å²) in [5.41, 5.74) is 9.13. The Bertz CT molecular complexity index is 711. The number of H-pyrrole nitrogens is 1. The molecule has 1 aromatic heterocycles. The van der Waals surface area contributed by atoms with Crippen molar-refractivity contribution in [3.63, 3.8) is 0 Å². The molecular weight excluding hydrogens is 326 g/mol. The van der Waals surface area contributed by atoms with Crippen molar-refractivity contribution in [2.45, 2.75) is 50.3 Å². The van der Waals surface area contributed by atoms with E-state index < -0.39 is 28.9 Å². The number of rotatable bonds is 6. The number of carbonyl (C=O) groups is 1. The molecule has 6 N–H and O–H groups in total. The largest absolute Gasteiger partial charge is 0.388 e. The number of nitrogens with zero attached hydrogens (tertiary/aromatic N) is 2. The molecule has 1 aliphatic heterocycles.